The summed E-state index contributed by atoms with van der Waals surface area (Å²) in [6, 6.07) is 39.2. The molecule has 4 atom stereocenters. The molecule has 1 aliphatic heterocycles. The van der Waals surface area contributed by atoms with Crippen molar-refractivity contribution in [3.63, 3.8) is 0 Å². The van der Waals surface area contributed by atoms with Crippen LogP contribution in [0.4, 0.5) is 0 Å². The Balaban J connectivity index is 1.49. The number of hydrogen-bond donors (Lipinski definition) is 0. The number of rotatable bonds is 14. The topological polar surface area (TPSA) is 94.9 Å². The van der Waals surface area contributed by atoms with Gasteiger partial charge >= 0.3 is 0 Å². The maximum Gasteiger partial charge on any atom is 0.175 e. The van der Waals surface area contributed by atoms with E-state index in [4.69, 9.17) is 35.3 Å². The van der Waals surface area contributed by atoms with E-state index in [1.54, 1.807) is 0 Å². The van der Waals surface area contributed by atoms with Crippen molar-refractivity contribution in [2.75, 3.05) is 6.61 Å². The Hall–Kier alpha value is -4.14. The van der Waals surface area contributed by atoms with Gasteiger partial charge in [-0.25, -0.2) is 0 Å². The van der Waals surface area contributed by atoms with Gasteiger partial charge in [0.1, 0.15) is 30.7 Å². The van der Waals surface area contributed by atoms with Crippen LogP contribution in [0, 0.1) is 0 Å². The Kier molecular flexibility index (Phi) is 11.8. The second kappa shape index (κ2) is 16.6. The van der Waals surface area contributed by atoms with Crippen molar-refractivity contribution in [1.82, 2.24) is 0 Å². The lowest BCUT2D eigenvalue weighted by atomic mass is 10.1. The summed E-state index contributed by atoms with van der Waals surface area (Å²) in [5.41, 5.74) is 13.3. The van der Waals surface area contributed by atoms with E-state index in [-0.39, 0.29) is 37.2 Å². The van der Waals surface area contributed by atoms with Crippen molar-refractivity contribution >= 4 is 11.6 Å². The molecule has 1 aliphatic rings. The molecule has 0 bridgehead atoms. The SMILES string of the molecule is [N-]=[N+]=N[C@H]1O[C@H](COCc2ccccc2)[C@@H](OCc2ccccc2)[C@H](OCc2ccccc2)C(OCc2ccccc2)=C1Cl. The van der Waals surface area contributed by atoms with Gasteiger partial charge < -0.3 is 23.7 Å². The van der Waals surface area contributed by atoms with Crippen molar-refractivity contribution in [1.29, 1.82) is 0 Å². The highest BCUT2D eigenvalue weighted by Gasteiger charge is 2.43. The molecule has 0 unspecified atom stereocenters. The van der Waals surface area contributed by atoms with E-state index in [0.29, 0.717) is 6.61 Å². The molecule has 0 aliphatic carbocycles. The van der Waals surface area contributed by atoms with E-state index < -0.39 is 24.5 Å². The first-order valence-electron chi connectivity index (χ1n) is 14.4. The zero-order chi connectivity index (χ0) is 30.4. The molecule has 0 N–H and O–H groups in total. The minimum absolute atomic E-state index is 0.0932. The van der Waals surface area contributed by atoms with E-state index >= 15 is 0 Å². The number of ether oxygens (including phenoxy) is 5. The van der Waals surface area contributed by atoms with Gasteiger partial charge in [0.25, 0.3) is 0 Å². The highest BCUT2D eigenvalue weighted by molar-refractivity contribution is 6.30. The van der Waals surface area contributed by atoms with Gasteiger partial charge in [0.05, 0.1) is 31.5 Å². The number of azide groups is 1. The summed E-state index contributed by atoms with van der Waals surface area (Å²) in [4.78, 5) is 3.01. The maximum atomic E-state index is 9.43. The fourth-order valence-electron chi connectivity index (χ4n) is 4.81. The van der Waals surface area contributed by atoms with Crippen LogP contribution in [0.15, 0.2) is 137 Å². The van der Waals surface area contributed by atoms with Gasteiger partial charge in [0.15, 0.2) is 6.23 Å². The summed E-state index contributed by atoms with van der Waals surface area (Å²) >= 11 is 6.94. The maximum absolute atomic E-state index is 9.43. The average Bonchev–Trinajstić information content (AvgIpc) is 3.17. The molecule has 5 rings (SSSR count). The fourth-order valence-corrected chi connectivity index (χ4v) is 5.07. The van der Waals surface area contributed by atoms with Crippen LogP contribution in [-0.2, 0) is 50.1 Å². The van der Waals surface area contributed by atoms with E-state index in [9.17, 15) is 5.53 Å². The van der Waals surface area contributed by atoms with Crippen LogP contribution in [0.25, 0.3) is 10.4 Å². The lowest BCUT2D eigenvalue weighted by Crippen LogP contribution is -2.45. The first-order chi connectivity index (χ1) is 21.7. The molecule has 0 amide bonds. The van der Waals surface area contributed by atoms with Crippen LogP contribution >= 0.6 is 11.6 Å². The molecule has 9 heteroatoms. The zero-order valence-electron chi connectivity index (χ0n) is 24.2. The first-order valence-corrected chi connectivity index (χ1v) is 14.8. The molecule has 4 aromatic rings. The Labute approximate surface area is 262 Å². The second-order valence-corrected chi connectivity index (χ2v) is 10.6. The van der Waals surface area contributed by atoms with Crippen LogP contribution in [0.5, 0.6) is 0 Å². The van der Waals surface area contributed by atoms with Gasteiger partial charge in [-0.15, -0.1) is 0 Å². The van der Waals surface area contributed by atoms with Gasteiger partial charge in [-0.1, -0.05) is 138 Å². The second-order valence-electron chi connectivity index (χ2n) is 10.2. The molecule has 0 aromatic heterocycles. The van der Waals surface area contributed by atoms with Crippen molar-refractivity contribution in [2.24, 2.45) is 5.11 Å². The number of nitrogens with zero attached hydrogens (tertiary/aromatic N) is 3. The third-order valence-electron chi connectivity index (χ3n) is 7.02. The Morgan fingerprint density at radius 2 is 1.14 bits per heavy atom. The quantitative estimate of drug-likeness (QED) is 0.0816. The van der Waals surface area contributed by atoms with Crippen LogP contribution in [0.2, 0.25) is 0 Å². The molecule has 44 heavy (non-hydrogen) atoms. The molecule has 0 saturated heterocycles. The molecule has 0 spiro atoms. The van der Waals surface area contributed by atoms with Gasteiger partial charge in [0, 0.05) is 4.91 Å². The molecule has 0 radical (unpaired) electrons. The molecule has 226 valence electrons. The van der Waals surface area contributed by atoms with Gasteiger partial charge in [-0.2, -0.15) is 0 Å². The summed E-state index contributed by atoms with van der Waals surface area (Å²) in [6.45, 7) is 1.20. The van der Waals surface area contributed by atoms with Crippen LogP contribution in [-0.4, -0.2) is 31.1 Å². The molecular formula is C35H34ClN3O5. The summed E-state index contributed by atoms with van der Waals surface area (Å²) in [5.74, 6) is 0.285. The monoisotopic (exact) mass is 611 g/mol. The third kappa shape index (κ3) is 8.94. The lowest BCUT2D eigenvalue weighted by molar-refractivity contribution is -0.164. The van der Waals surface area contributed by atoms with Gasteiger partial charge in [-0.3, -0.25) is 0 Å². The normalized spacial score (nSPS) is 20.0. The summed E-state index contributed by atoms with van der Waals surface area (Å²) in [6.07, 6.45) is -3.47. The smallest absolute Gasteiger partial charge is 0.175 e. The van der Waals surface area contributed by atoms with Gasteiger partial charge in [-0.05, 0) is 27.8 Å². The highest BCUT2D eigenvalue weighted by Crippen LogP contribution is 2.35. The number of hydrogen-bond acceptors (Lipinski definition) is 6. The van der Waals surface area contributed by atoms with Crippen LogP contribution in [0.1, 0.15) is 22.3 Å². The summed E-state index contributed by atoms with van der Waals surface area (Å²) in [5, 5.41) is 3.97. The predicted octanol–water partition coefficient (Wildman–Crippen LogP) is 8.08. The Morgan fingerprint density at radius 1 is 0.659 bits per heavy atom. The van der Waals surface area contributed by atoms with Crippen molar-refractivity contribution in [3.05, 3.63) is 165 Å². The largest absolute Gasteiger partial charge is 0.489 e. The first kappa shape index (κ1) is 31.3. The molecule has 0 saturated carbocycles. The predicted molar refractivity (Wildman–Crippen MR) is 168 cm³/mol. The standard InChI is InChI=1S/C35H34ClN3O5/c36-31-33(42-23-28-17-9-3-10-18-28)34(43-24-29-19-11-4-12-20-29)32(41-22-27-15-7-2-8-16-27)30(44-35(31)38-39-37)25-40-21-26-13-5-1-6-14-26/h1-20,30,32,34-35H,21-25H2/t30-,32-,34+,35+/m1/s1. The summed E-state index contributed by atoms with van der Waals surface area (Å²) in [7, 11) is 0. The van der Waals surface area contributed by atoms with Crippen LogP contribution in [0.3, 0.4) is 0 Å². The molecule has 0 fully saturated rings. The molecule has 1 heterocycles. The van der Waals surface area contributed by atoms with E-state index in [1.807, 2.05) is 121 Å². The van der Waals surface area contributed by atoms with E-state index in [1.165, 1.54) is 0 Å². The highest BCUT2D eigenvalue weighted by atomic mass is 35.5. The average molecular weight is 612 g/mol. The van der Waals surface area contributed by atoms with E-state index in [0.717, 1.165) is 22.3 Å². The molecule has 4 aromatic carbocycles. The summed E-state index contributed by atoms with van der Waals surface area (Å²) < 4.78 is 32.0. The Bertz CT molecular complexity index is 1500. The number of benzene rings is 4. The van der Waals surface area contributed by atoms with Crippen molar-refractivity contribution < 1.29 is 23.7 Å². The minimum Gasteiger partial charge on any atom is -0.489 e. The fraction of sp³-hybridized carbons (Fsp3) is 0.257. The van der Waals surface area contributed by atoms with Gasteiger partial charge in [0.2, 0.25) is 0 Å². The Morgan fingerprint density at radius 3 is 1.66 bits per heavy atom. The molecule has 8 nitrogen and oxygen atoms in total. The van der Waals surface area contributed by atoms with E-state index in [2.05, 4.69) is 10.0 Å². The lowest BCUT2D eigenvalue weighted by Gasteiger charge is -2.32. The number of halogens is 1. The van der Waals surface area contributed by atoms with Crippen molar-refractivity contribution in [2.45, 2.75) is 51.0 Å². The third-order valence-corrected chi connectivity index (χ3v) is 7.40. The zero-order valence-corrected chi connectivity index (χ0v) is 24.9. The van der Waals surface area contributed by atoms with Crippen LogP contribution < -0.4 is 0 Å². The minimum atomic E-state index is -1.18. The van der Waals surface area contributed by atoms with Crippen molar-refractivity contribution in [3.8, 4) is 0 Å². The molecular weight excluding hydrogens is 578 g/mol.